The van der Waals surface area contributed by atoms with Gasteiger partial charge in [0, 0.05) is 5.56 Å². The minimum atomic E-state index is 0.720. The molecule has 2 heterocycles. The summed E-state index contributed by atoms with van der Waals surface area (Å²) in [7, 11) is 0. The van der Waals surface area contributed by atoms with Gasteiger partial charge in [0.2, 0.25) is 0 Å². The molecule has 4 heteroatoms. The van der Waals surface area contributed by atoms with Crippen molar-refractivity contribution >= 4 is 12.0 Å². The first-order valence-corrected chi connectivity index (χ1v) is 8.10. The third-order valence-corrected chi connectivity index (χ3v) is 3.90. The van der Waals surface area contributed by atoms with Crippen molar-refractivity contribution in [3.63, 3.8) is 0 Å². The maximum absolute atomic E-state index is 5.59. The van der Waals surface area contributed by atoms with Crippen molar-refractivity contribution in [1.82, 2.24) is 9.78 Å². The van der Waals surface area contributed by atoms with E-state index in [2.05, 4.69) is 22.2 Å². The normalized spacial score (nSPS) is 11.2. The molecule has 122 valence electrons. The number of hydrogen-bond acceptors (Lipinski definition) is 3. The lowest BCUT2D eigenvalue weighted by Gasteiger charge is -2.05. The van der Waals surface area contributed by atoms with E-state index >= 15 is 0 Å². The summed E-state index contributed by atoms with van der Waals surface area (Å²) in [6, 6.07) is 24.0. The lowest BCUT2D eigenvalue weighted by molar-refractivity contribution is 0.528. The number of nitrogens with zero attached hydrogens (tertiary/aromatic N) is 3. The Morgan fingerprint density at radius 1 is 0.920 bits per heavy atom. The van der Waals surface area contributed by atoms with Crippen molar-refractivity contribution in [2.45, 2.75) is 6.92 Å². The molecule has 25 heavy (non-hydrogen) atoms. The molecule has 0 atom stereocenters. The van der Waals surface area contributed by atoms with Crippen LogP contribution in [0.1, 0.15) is 11.5 Å². The molecule has 0 aliphatic heterocycles. The largest absolute Gasteiger partial charge is 0.460 e. The van der Waals surface area contributed by atoms with Crippen molar-refractivity contribution in [1.29, 1.82) is 0 Å². The molecule has 4 nitrogen and oxygen atoms in total. The Morgan fingerprint density at radius 3 is 2.32 bits per heavy atom. The zero-order valence-corrected chi connectivity index (χ0v) is 13.8. The van der Waals surface area contributed by atoms with Crippen molar-refractivity contribution < 1.29 is 4.42 Å². The average molecular weight is 327 g/mol. The van der Waals surface area contributed by atoms with Crippen LogP contribution in [-0.4, -0.2) is 16.0 Å². The summed E-state index contributed by atoms with van der Waals surface area (Å²) in [6.45, 7) is 1.92. The highest BCUT2D eigenvalue weighted by atomic mass is 16.3. The van der Waals surface area contributed by atoms with Crippen LogP contribution in [0.15, 0.2) is 88.4 Å². The molecular formula is C21H17N3O. The lowest BCUT2D eigenvalue weighted by Crippen LogP contribution is -1.95. The summed E-state index contributed by atoms with van der Waals surface area (Å²) in [5, 5.41) is 4.55. The molecule has 2 aromatic carbocycles. The minimum absolute atomic E-state index is 0.720. The molecule has 0 radical (unpaired) electrons. The molecule has 0 saturated heterocycles. The number of hydrogen-bond donors (Lipinski definition) is 0. The maximum atomic E-state index is 5.59. The summed E-state index contributed by atoms with van der Waals surface area (Å²) >= 11 is 0. The highest BCUT2D eigenvalue weighted by Crippen LogP contribution is 2.32. The fourth-order valence-corrected chi connectivity index (χ4v) is 2.69. The predicted molar refractivity (Wildman–Crippen MR) is 99.7 cm³/mol. The van der Waals surface area contributed by atoms with Crippen molar-refractivity contribution in [2.75, 3.05) is 0 Å². The van der Waals surface area contributed by atoms with Crippen LogP contribution >= 0.6 is 0 Å². The average Bonchev–Trinajstić information content (AvgIpc) is 3.27. The van der Waals surface area contributed by atoms with Crippen LogP contribution in [0.25, 0.3) is 16.8 Å². The van der Waals surface area contributed by atoms with E-state index in [-0.39, 0.29) is 0 Å². The molecule has 4 rings (SSSR count). The molecule has 2 aromatic heterocycles. The van der Waals surface area contributed by atoms with Gasteiger partial charge in [0.1, 0.15) is 11.5 Å². The zero-order chi connectivity index (χ0) is 17.1. The van der Waals surface area contributed by atoms with Crippen LogP contribution in [0.4, 0.5) is 5.82 Å². The number of aliphatic imine (C=N–C) groups is 1. The topological polar surface area (TPSA) is 43.3 Å². The summed E-state index contributed by atoms with van der Waals surface area (Å²) in [5.41, 5.74) is 3.02. The van der Waals surface area contributed by atoms with Gasteiger partial charge >= 0.3 is 0 Å². The first-order valence-electron chi connectivity index (χ1n) is 8.10. The van der Waals surface area contributed by atoms with Crippen molar-refractivity contribution in [2.24, 2.45) is 4.99 Å². The highest BCUT2D eigenvalue weighted by Gasteiger charge is 2.13. The molecule has 0 spiro atoms. The van der Waals surface area contributed by atoms with E-state index in [9.17, 15) is 0 Å². The Bertz CT molecular complexity index is 941. The van der Waals surface area contributed by atoms with Crippen LogP contribution in [-0.2, 0) is 0 Å². The second-order valence-corrected chi connectivity index (χ2v) is 5.70. The van der Waals surface area contributed by atoms with Crippen LogP contribution in [0.3, 0.4) is 0 Å². The predicted octanol–water partition coefficient (Wildman–Crippen LogP) is 5.19. The van der Waals surface area contributed by atoms with E-state index in [0.29, 0.717) is 0 Å². The molecule has 0 saturated carbocycles. The molecule has 0 aliphatic carbocycles. The zero-order valence-electron chi connectivity index (χ0n) is 13.8. The summed E-state index contributed by atoms with van der Waals surface area (Å²) in [6.07, 6.45) is 3.58. The Balaban J connectivity index is 1.83. The molecule has 0 fully saturated rings. The van der Waals surface area contributed by atoms with Gasteiger partial charge in [-0.1, -0.05) is 48.5 Å². The van der Waals surface area contributed by atoms with E-state index in [1.807, 2.05) is 78.5 Å². The third-order valence-electron chi connectivity index (χ3n) is 3.90. The number of rotatable bonds is 4. The number of benzene rings is 2. The number of para-hydroxylation sites is 1. The van der Waals surface area contributed by atoms with Gasteiger partial charge in [0.25, 0.3) is 0 Å². The standard InChI is InChI=1S/C21H17N3O/c1-16-12-13-19(25-16)14-22-21-20(17-8-4-2-5-9-17)15-23-24(21)18-10-6-3-7-11-18/h2-15H,1H3. The van der Waals surface area contributed by atoms with E-state index in [1.54, 1.807) is 6.21 Å². The molecule has 0 amide bonds. The SMILES string of the molecule is Cc1ccc(C=Nc2c(-c3ccccc3)cnn2-c2ccccc2)o1. The fourth-order valence-electron chi connectivity index (χ4n) is 2.69. The second-order valence-electron chi connectivity index (χ2n) is 5.70. The van der Waals surface area contributed by atoms with Gasteiger partial charge in [-0.25, -0.2) is 9.67 Å². The van der Waals surface area contributed by atoms with E-state index in [0.717, 1.165) is 34.2 Å². The van der Waals surface area contributed by atoms with E-state index < -0.39 is 0 Å². The Morgan fingerprint density at radius 2 is 1.64 bits per heavy atom. The first-order chi connectivity index (χ1) is 12.3. The van der Waals surface area contributed by atoms with Gasteiger partial charge in [-0.05, 0) is 36.8 Å². The first kappa shape index (κ1) is 15.1. The number of aryl methyl sites for hydroxylation is 1. The van der Waals surface area contributed by atoms with E-state index in [1.165, 1.54) is 0 Å². The Kier molecular flexibility index (Phi) is 4.01. The molecule has 0 bridgehead atoms. The number of aromatic nitrogens is 2. The second kappa shape index (κ2) is 6.61. The fraction of sp³-hybridized carbons (Fsp3) is 0.0476. The van der Waals surface area contributed by atoms with Gasteiger partial charge in [0.15, 0.2) is 5.82 Å². The Labute approximate surface area is 146 Å². The van der Waals surface area contributed by atoms with Gasteiger partial charge in [-0.3, -0.25) is 0 Å². The summed E-state index contributed by atoms with van der Waals surface area (Å²) in [5.74, 6) is 2.35. The minimum Gasteiger partial charge on any atom is -0.460 e. The van der Waals surface area contributed by atoms with Crippen molar-refractivity contribution in [3.8, 4) is 16.8 Å². The van der Waals surface area contributed by atoms with Gasteiger partial charge in [-0.15, -0.1) is 0 Å². The Hall–Kier alpha value is -3.40. The van der Waals surface area contributed by atoms with Crippen LogP contribution in [0, 0.1) is 6.92 Å². The summed E-state index contributed by atoms with van der Waals surface area (Å²) in [4.78, 5) is 4.68. The summed E-state index contributed by atoms with van der Waals surface area (Å²) < 4.78 is 7.44. The maximum Gasteiger partial charge on any atom is 0.163 e. The molecule has 4 aromatic rings. The third kappa shape index (κ3) is 3.15. The van der Waals surface area contributed by atoms with Crippen LogP contribution in [0.5, 0.6) is 0 Å². The molecule has 0 unspecified atom stereocenters. The highest BCUT2D eigenvalue weighted by molar-refractivity contribution is 5.83. The van der Waals surface area contributed by atoms with E-state index in [4.69, 9.17) is 4.42 Å². The van der Waals surface area contributed by atoms with Crippen LogP contribution < -0.4 is 0 Å². The molecular weight excluding hydrogens is 310 g/mol. The van der Waals surface area contributed by atoms with Gasteiger partial charge in [0.05, 0.1) is 18.1 Å². The van der Waals surface area contributed by atoms with Gasteiger partial charge < -0.3 is 4.42 Å². The van der Waals surface area contributed by atoms with Gasteiger partial charge in [-0.2, -0.15) is 5.10 Å². The lowest BCUT2D eigenvalue weighted by atomic mass is 10.1. The van der Waals surface area contributed by atoms with Crippen LogP contribution in [0.2, 0.25) is 0 Å². The number of furan rings is 1. The van der Waals surface area contributed by atoms with Crippen molar-refractivity contribution in [3.05, 3.63) is 90.5 Å². The molecule has 0 N–H and O–H groups in total. The monoisotopic (exact) mass is 327 g/mol. The smallest absolute Gasteiger partial charge is 0.163 e. The quantitative estimate of drug-likeness (QED) is 0.484. The molecule has 0 aliphatic rings.